The van der Waals surface area contributed by atoms with Crippen LogP contribution in [0.1, 0.15) is 33.9 Å². The van der Waals surface area contributed by atoms with E-state index in [1.165, 1.54) is 24.6 Å². The van der Waals surface area contributed by atoms with E-state index >= 15 is 0 Å². The lowest BCUT2D eigenvalue weighted by atomic mass is 10.2. The van der Waals surface area contributed by atoms with Gasteiger partial charge in [0.15, 0.2) is 5.13 Å². The van der Waals surface area contributed by atoms with Crippen LogP contribution in [0.25, 0.3) is 0 Å². The zero-order valence-corrected chi connectivity index (χ0v) is 22.7. The zero-order valence-electron chi connectivity index (χ0n) is 21.1. The maximum Gasteiger partial charge on any atom is 0.305 e. The van der Waals surface area contributed by atoms with Crippen LogP contribution in [0, 0.1) is 13.8 Å². The molecular weight excluding hydrogens is 514 g/mol. The number of hydrogen-bond donors (Lipinski definition) is 2. The summed E-state index contributed by atoms with van der Waals surface area (Å²) in [6.07, 6.45) is 2.76. The Morgan fingerprint density at radius 1 is 1.16 bits per heavy atom. The molecule has 12 heteroatoms. The van der Waals surface area contributed by atoms with Gasteiger partial charge >= 0.3 is 5.97 Å². The molecule has 10 nitrogen and oxygen atoms in total. The van der Waals surface area contributed by atoms with Crippen molar-refractivity contribution in [3.63, 3.8) is 0 Å². The number of amides is 1. The topological polar surface area (TPSA) is 113 Å². The van der Waals surface area contributed by atoms with Gasteiger partial charge in [0.1, 0.15) is 22.3 Å². The number of carbonyl (C=O) groups is 2. The number of aryl methyl sites for hydroxylation is 2. The van der Waals surface area contributed by atoms with E-state index in [1.54, 1.807) is 6.07 Å². The number of carbonyl (C=O) groups excluding carboxylic acids is 2. The summed E-state index contributed by atoms with van der Waals surface area (Å²) in [7, 11) is 1.42. The minimum Gasteiger partial charge on any atom is -0.469 e. The van der Waals surface area contributed by atoms with Gasteiger partial charge in [0.05, 0.1) is 24.0 Å². The molecule has 2 N–H and O–H groups in total. The number of nitrogens with zero attached hydrogens (tertiary/aromatic N) is 5. The molecule has 37 heavy (non-hydrogen) atoms. The molecule has 1 aliphatic rings. The second kappa shape index (κ2) is 12.3. The Balaban J connectivity index is 1.35. The Morgan fingerprint density at radius 2 is 1.95 bits per heavy atom. The minimum absolute atomic E-state index is 0.168. The third-order valence-electron chi connectivity index (χ3n) is 6.03. The van der Waals surface area contributed by atoms with Crippen molar-refractivity contribution in [3.05, 3.63) is 51.7 Å². The summed E-state index contributed by atoms with van der Waals surface area (Å²) in [5.41, 5.74) is 1.48. The number of para-hydroxylation sites is 1. The highest BCUT2D eigenvalue weighted by atomic mass is 35.5. The summed E-state index contributed by atoms with van der Waals surface area (Å²) >= 11 is 7.47. The van der Waals surface area contributed by atoms with Gasteiger partial charge in [0.25, 0.3) is 5.91 Å². The molecule has 196 valence electrons. The van der Waals surface area contributed by atoms with Crippen LogP contribution < -0.4 is 15.5 Å². The summed E-state index contributed by atoms with van der Waals surface area (Å²) in [5.74, 6) is 1.66. The number of esters is 1. The van der Waals surface area contributed by atoms with Crippen LogP contribution in [0.15, 0.2) is 30.5 Å². The van der Waals surface area contributed by atoms with Crippen molar-refractivity contribution >= 4 is 57.3 Å². The van der Waals surface area contributed by atoms with Crippen LogP contribution in [-0.2, 0) is 9.53 Å². The first-order chi connectivity index (χ1) is 17.8. The predicted octanol–water partition coefficient (Wildman–Crippen LogP) is 4.27. The average Bonchev–Trinajstić information content (AvgIpc) is 3.34. The Labute approximate surface area is 225 Å². The van der Waals surface area contributed by atoms with Gasteiger partial charge < -0.3 is 20.3 Å². The molecule has 0 aliphatic carbocycles. The van der Waals surface area contributed by atoms with Crippen molar-refractivity contribution in [2.24, 2.45) is 0 Å². The van der Waals surface area contributed by atoms with Gasteiger partial charge in [0.2, 0.25) is 0 Å². The lowest BCUT2D eigenvalue weighted by Crippen LogP contribution is -2.47. The molecule has 0 spiro atoms. The standard InChI is InChI=1S/C25H30ClN7O3S/c1-16-6-4-7-18(26)23(16)31-24(35)19-15-27-25(37-19)30-20-14-21(29-17(2)28-20)33-12-10-32(11-13-33)9-5-8-22(34)36-3/h4,6-7,14-15H,5,8-13H2,1-3H3,(H,31,35)(H,27,28,29,30). The molecule has 3 heterocycles. The number of anilines is 4. The van der Waals surface area contributed by atoms with Crippen LogP contribution >= 0.6 is 22.9 Å². The highest BCUT2D eigenvalue weighted by molar-refractivity contribution is 7.17. The van der Waals surface area contributed by atoms with Gasteiger partial charge in [-0.25, -0.2) is 15.0 Å². The number of thiazole rings is 1. The molecule has 4 rings (SSSR count). The SMILES string of the molecule is COC(=O)CCCN1CCN(c2cc(Nc3ncc(C(=O)Nc4c(C)cccc4Cl)s3)nc(C)n2)CC1. The van der Waals surface area contributed by atoms with E-state index in [1.807, 2.05) is 32.0 Å². The molecule has 1 fully saturated rings. The maximum atomic E-state index is 12.8. The number of aromatic nitrogens is 3. The van der Waals surface area contributed by atoms with Crippen molar-refractivity contribution < 1.29 is 14.3 Å². The first-order valence-corrected chi connectivity index (χ1v) is 13.2. The molecule has 1 amide bonds. The van der Waals surface area contributed by atoms with Gasteiger partial charge in [-0.15, -0.1) is 0 Å². The number of methoxy groups -OCH3 is 1. The second-order valence-corrected chi connectivity index (χ2v) is 10.1. The molecular formula is C25H30ClN7O3S. The summed E-state index contributed by atoms with van der Waals surface area (Å²) in [4.78, 5) is 42.6. The number of piperazine rings is 1. The van der Waals surface area contributed by atoms with E-state index in [-0.39, 0.29) is 11.9 Å². The van der Waals surface area contributed by atoms with E-state index in [2.05, 4.69) is 35.4 Å². The molecule has 2 aromatic heterocycles. The molecule has 0 atom stereocenters. The summed E-state index contributed by atoms with van der Waals surface area (Å²) in [6, 6.07) is 7.37. The minimum atomic E-state index is -0.272. The monoisotopic (exact) mass is 543 g/mol. The number of ether oxygens (including phenoxy) is 1. The Bertz CT molecular complexity index is 1240. The number of halogens is 1. The fourth-order valence-corrected chi connectivity index (χ4v) is 5.03. The van der Waals surface area contributed by atoms with Crippen LogP contribution in [0.2, 0.25) is 5.02 Å². The van der Waals surface area contributed by atoms with Crippen LogP contribution in [0.4, 0.5) is 22.5 Å². The fraction of sp³-hybridized carbons (Fsp3) is 0.400. The molecule has 1 aromatic carbocycles. The van der Waals surface area contributed by atoms with Gasteiger partial charge in [-0.2, -0.15) is 0 Å². The Kier molecular flexibility index (Phi) is 8.91. The van der Waals surface area contributed by atoms with E-state index in [4.69, 9.17) is 16.3 Å². The van der Waals surface area contributed by atoms with E-state index in [0.29, 0.717) is 38.8 Å². The summed E-state index contributed by atoms with van der Waals surface area (Å²) in [5, 5.41) is 7.12. The van der Waals surface area contributed by atoms with Gasteiger partial charge in [-0.1, -0.05) is 35.1 Å². The Morgan fingerprint density at radius 3 is 2.68 bits per heavy atom. The molecule has 0 unspecified atom stereocenters. The van der Waals surface area contributed by atoms with Crippen molar-refractivity contribution in [1.29, 1.82) is 0 Å². The lowest BCUT2D eigenvalue weighted by Gasteiger charge is -2.35. The normalized spacial score (nSPS) is 13.9. The van der Waals surface area contributed by atoms with Crippen molar-refractivity contribution in [3.8, 4) is 0 Å². The van der Waals surface area contributed by atoms with Crippen molar-refractivity contribution in [1.82, 2.24) is 19.9 Å². The van der Waals surface area contributed by atoms with E-state index < -0.39 is 0 Å². The highest BCUT2D eigenvalue weighted by Gasteiger charge is 2.20. The second-order valence-electron chi connectivity index (χ2n) is 8.71. The third kappa shape index (κ3) is 7.15. The molecule has 3 aromatic rings. The maximum absolute atomic E-state index is 12.8. The number of nitrogens with one attached hydrogen (secondary N) is 2. The van der Waals surface area contributed by atoms with E-state index in [0.717, 1.165) is 50.5 Å². The number of rotatable bonds is 9. The van der Waals surface area contributed by atoms with Crippen LogP contribution in [-0.4, -0.2) is 71.6 Å². The van der Waals surface area contributed by atoms with Crippen molar-refractivity contribution in [2.75, 3.05) is 55.4 Å². The Hall–Kier alpha value is -3.28. The molecule has 0 radical (unpaired) electrons. The van der Waals surface area contributed by atoms with Gasteiger partial charge in [-0.05, 0) is 38.4 Å². The van der Waals surface area contributed by atoms with Crippen LogP contribution in [0.3, 0.4) is 0 Å². The summed E-state index contributed by atoms with van der Waals surface area (Å²) < 4.78 is 4.71. The largest absolute Gasteiger partial charge is 0.469 e. The zero-order chi connectivity index (χ0) is 26.4. The molecule has 1 aliphatic heterocycles. The van der Waals surface area contributed by atoms with E-state index in [9.17, 15) is 9.59 Å². The summed E-state index contributed by atoms with van der Waals surface area (Å²) in [6.45, 7) is 8.06. The fourth-order valence-electron chi connectivity index (χ4n) is 4.04. The molecule has 1 saturated heterocycles. The average molecular weight is 544 g/mol. The number of benzene rings is 1. The quantitative estimate of drug-likeness (QED) is 0.382. The number of hydrogen-bond acceptors (Lipinski definition) is 10. The molecule has 0 bridgehead atoms. The predicted molar refractivity (Wildman–Crippen MR) is 146 cm³/mol. The first-order valence-electron chi connectivity index (χ1n) is 12.0. The van der Waals surface area contributed by atoms with Gasteiger partial charge in [-0.3, -0.25) is 14.5 Å². The van der Waals surface area contributed by atoms with Crippen molar-refractivity contribution in [2.45, 2.75) is 26.7 Å². The third-order valence-corrected chi connectivity index (χ3v) is 7.26. The lowest BCUT2D eigenvalue weighted by molar-refractivity contribution is -0.140. The highest BCUT2D eigenvalue weighted by Crippen LogP contribution is 2.28. The van der Waals surface area contributed by atoms with Gasteiger partial charge in [0, 0.05) is 38.7 Å². The first kappa shape index (κ1) is 26.8. The smallest absolute Gasteiger partial charge is 0.305 e. The molecule has 0 saturated carbocycles. The van der Waals surface area contributed by atoms with Crippen LogP contribution in [0.5, 0.6) is 0 Å².